The summed E-state index contributed by atoms with van der Waals surface area (Å²) in [6.07, 6.45) is 0. The summed E-state index contributed by atoms with van der Waals surface area (Å²) in [7, 11) is 0. The average Bonchev–Trinajstić information content (AvgIpc) is 3.11. The minimum Gasteiger partial charge on any atom is -0.433 e. The van der Waals surface area contributed by atoms with Crippen LogP contribution in [0.25, 0.3) is 10.2 Å². The molecule has 2 heterocycles. The summed E-state index contributed by atoms with van der Waals surface area (Å²) in [6, 6.07) is 5.73. The van der Waals surface area contributed by atoms with Crippen molar-refractivity contribution in [3.05, 3.63) is 45.0 Å². The SMILES string of the molecule is CCn1c(SCC(=O)Nc2ccc(OC(F)F)c(Cl)c2)nc2ccsc2c1=O. The van der Waals surface area contributed by atoms with E-state index in [1.807, 2.05) is 6.92 Å². The highest BCUT2D eigenvalue weighted by atomic mass is 35.5. The Kier molecular flexibility index (Phi) is 6.53. The molecule has 1 N–H and O–H groups in total. The number of hydrogen-bond acceptors (Lipinski definition) is 6. The van der Waals surface area contributed by atoms with Crippen molar-refractivity contribution in [1.29, 1.82) is 0 Å². The summed E-state index contributed by atoms with van der Waals surface area (Å²) < 4.78 is 30.9. The first-order chi connectivity index (χ1) is 13.4. The molecule has 0 saturated heterocycles. The highest BCUT2D eigenvalue weighted by Crippen LogP contribution is 2.29. The van der Waals surface area contributed by atoms with Crippen LogP contribution in [0.2, 0.25) is 5.02 Å². The van der Waals surface area contributed by atoms with Crippen molar-refractivity contribution in [3.63, 3.8) is 0 Å². The molecule has 148 valence electrons. The number of amides is 1. The van der Waals surface area contributed by atoms with Crippen molar-refractivity contribution in [2.75, 3.05) is 11.1 Å². The van der Waals surface area contributed by atoms with E-state index in [1.165, 1.54) is 34.1 Å². The van der Waals surface area contributed by atoms with Gasteiger partial charge in [0.25, 0.3) is 5.56 Å². The molecule has 0 saturated carbocycles. The number of benzene rings is 1. The Morgan fingerprint density at radius 3 is 2.89 bits per heavy atom. The van der Waals surface area contributed by atoms with Crippen LogP contribution < -0.4 is 15.6 Å². The van der Waals surface area contributed by atoms with Crippen LogP contribution in [0.3, 0.4) is 0 Å². The van der Waals surface area contributed by atoms with Crippen molar-refractivity contribution in [2.24, 2.45) is 0 Å². The maximum absolute atomic E-state index is 12.5. The van der Waals surface area contributed by atoms with E-state index in [-0.39, 0.29) is 28.0 Å². The lowest BCUT2D eigenvalue weighted by atomic mass is 10.3. The number of rotatable bonds is 7. The Balaban J connectivity index is 1.69. The number of carbonyl (C=O) groups is 1. The highest BCUT2D eigenvalue weighted by molar-refractivity contribution is 7.99. The van der Waals surface area contributed by atoms with Crippen molar-refractivity contribution in [1.82, 2.24) is 9.55 Å². The Bertz CT molecular complexity index is 1070. The number of thiophene rings is 1. The summed E-state index contributed by atoms with van der Waals surface area (Å²) in [5.41, 5.74) is 0.808. The monoisotopic (exact) mass is 445 g/mol. The predicted octanol–water partition coefficient (Wildman–Crippen LogP) is 4.46. The minimum atomic E-state index is -2.99. The van der Waals surface area contributed by atoms with Crippen LogP contribution >= 0.6 is 34.7 Å². The van der Waals surface area contributed by atoms with E-state index in [9.17, 15) is 18.4 Å². The van der Waals surface area contributed by atoms with Gasteiger partial charge in [-0.1, -0.05) is 23.4 Å². The van der Waals surface area contributed by atoms with E-state index < -0.39 is 6.61 Å². The van der Waals surface area contributed by atoms with Crippen LogP contribution in [0.1, 0.15) is 6.92 Å². The first kappa shape index (κ1) is 20.6. The van der Waals surface area contributed by atoms with Crippen molar-refractivity contribution in [3.8, 4) is 5.75 Å². The van der Waals surface area contributed by atoms with E-state index in [2.05, 4.69) is 15.0 Å². The molecular formula is C17H14ClF2N3O3S2. The topological polar surface area (TPSA) is 73.2 Å². The van der Waals surface area contributed by atoms with Crippen LogP contribution in [0, 0.1) is 0 Å². The first-order valence-corrected chi connectivity index (χ1v) is 10.3. The van der Waals surface area contributed by atoms with Gasteiger partial charge in [-0.25, -0.2) is 4.98 Å². The van der Waals surface area contributed by atoms with E-state index in [0.717, 1.165) is 11.8 Å². The number of ether oxygens (including phenoxy) is 1. The number of nitrogens with one attached hydrogen (secondary N) is 1. The number of hydrogen-bond donors (Lipinski definition) is 1. The molecule has 1 amide bonds. The molecule has 11 heteroatoms. The standard InChI is InChI=1S/C17H14ClF2N3O3S2/c1-2-23-15(25)14-11(5-6-27-14)22-17(23)28-8-13(24)21-9-3-4-12(10(18)7-9)26-16(19)20/h3-7,16H,2,8H2,1H3,(H,21,24). The van der Waals surface area contributed by atoms with E-state index in [0.29, 0.717) is 27.6 Å². The zero-order chi connectivity index (χ0) is 20.3. The van der Waals surface area contributed by atoms with Gasteiger partial charge >= 0.3 is 6.61 Å². The van der Waals surface area contributed by atoms with Gasteiger partial charge in [-0.05, 0) is 36.6 Å². The van der Waals surface area contributed by atoms with Gasteiger partial charge < -0.3 is 10.1 Å². The van der Waals surface area contributed by atoms with Crippen LogP contribution in [0.15, 0.2) is 39.6 Å². The fraction of sp³-hybridized carbons (Fsp3) is 0.235. The molecule has 1 aromatic carbocycles. The fourth-order valence-electron chi connectivity index (χ4n) is 2.41. The Hall–Kier alpha value is -2.17. The maximum atomic E-state index is 12.5. The summed E-state index contributed by atoms with van der Waals surface area (Å²) >= 11 is 8.33. The molecule has 6 nitrogen and oxygen atoms in total. The zero-order valence-electron chi connectivity index (χ0n) is 14.4. The molecule has 28 heavy (non-hydrogen) atoms. The maximum Gasteiger partial charge on any atom is 0.387 e. The molecule has 3 rings (SSSR count). The van der Waals surface area contributed by atoms with Gasteiger partial charge in [-0.15, -0.1) is 11.3 Å². The summed E-state index contributed by atoms with van der Waals surface area (Å²) in [5.74, 6) is -0.523. The third kappa shape index (κ3) is 4.62. The summed E-state index contributed by atoms with van der Waals surface area (Å²) in [5, 5.41) is 4.82. The van der Waals surface area contributed by atoms with Crippen LogP contribution in [0.5, 0.6) is 5.75 Å². The zero-order valence-corrected chi connectivity index (χ0v) is 16.8. The molecule has 0 bridgehead atoms. The van der Waals surface area contributed by atoms with Crippen molar-refractivity contribution in [2.45, 2.75) is 25.2 Å². The lowest BCUT2D eigenvalue weighted by Crippen LogP contribution is -2.22. The second-order valence-electron chi connectivity index (χ2n) is 5.44. The van der Waals surface area contributed by atoms with Gasteiger partial charge in [0, 0.05) is 12.2 Å². The lowest BCUT2D eigenvalue weighted by molar-refractivity contribution is -0.113. The third-order valence-electron chi connectivity index (χ3n) is 3.61. The number of thioether (sulfide) groups is 1. The molecule has 2 aromatic heterocycles. The van der Waals surface area contributed by atoms with Crippen molar-refractivity contribution < 1.29 is 18.3 Å². The van der Waals surface area contributed by atoms with Crippen molar-refractivity contribution >= 4 is 56.5 Å². The van der Waals surface area contributed by atoms with Gasteiger partial charge in [0.05, 0.1) is 16.3 Å². The van der Waals surface area contributed by atoms with E-state index in [4.69, 9.17) is 11.6 Å². The number of alkyl halides is 2. The normalized spacial score (nSPS) is 11.2. The van der Waals surface area contributed by atoms with E-state index >= 15 is 0 Å². The van der Waals surface area contributed by atoms with Gasteiger partial charge in [-0.2, -0.15) is 8.78 Å². The first-order valence-electron chi connectivity index (χ1n) is 8.04. The van der Waals surface area contributed by atoms with Crippen LogP contribution in [0.4, 0.5) is 14.5 Å². The molecule has 0 spiro atoms. The minimum absolute atomic E-state index is 0.00892. The number of fused-ring (bicyclic) bond motifs is 1. The number of nitrogens with zero attached hydrogens (tertiary/aromatic N) is 2. The second-order valence-corrected chi connectivity index (χ2v) is 7.71. The average molecular weight is 446 g/mol. The van der Waals surface area contributed by atoms with Gasteiger partial charge in [-0.3, -0.25) is 14.2 Å². The Labute approximate surface area is 171 Å². The lowest BCUT2D eigenvalue weighted by Gasteiger charge is -2.11. The van der Waals surface area contributed by atoms with Gasteiger partial charge in [0.1, 0.15) is 10.4 Å². The van der Waals surface area contributed by atoms with Gasteiger partial charge in [0.15, 0.2) is 5.16 Å². The molecule has 0 fully saturated rings. The Morgan fingerprint density at radius 2 is 2.21 bits per heavy atom. The molecular weight excluding hydrogens is 432 g/mol. The Morgan fingerprint density at radius 1 is 1.43 bits per heavy atom. The van der Waals surface area contributed by atoms with Crippen LogP contribution in [-0.4, -0.2) is 27.8 Å². The number of anilines is 1. The smallest absolute Gasteiger partial charge is 0.387 e. The quantitative estimate of drug-likeness (QED) is 0.429. The predicted molar refractivity (Wildman–Crippen MR) is 107 cm³/mol. The summed E-state index contributed by atoms with van der Waals surface area (Å²) in [4.78, 5) is 29.1. The summed E-state index contributed by atoms with van der Waals surface area (Å²) in [6.45, 7) is -0.721. The molecule has 0 aliphatic heterocycles. The molecule has 0 atom stereocenters. The molecule has 0 aliphatic rings. The number of carbonyl (C=O) groups excluding carboxylic acids is 1. The second kappa shape index (κ2) is 8.89. The van der Waals surface area contributed by atoms with E-state index in [1.54, 1.807) is 11.4 Å². The third-order valence-corrected chi connectivity index (χ3v) is 5.77. The highest BCUT2D eigenvalue weighted by Gasteiger charge is 2.14. The van der Waals surface area contributed by atoms with Crippen LogP contribution in [-0.2, 0) is 11.3 Å². The molecule has 3 aromatic rings. The molecule has 0 aliphatic carbocycles. The molecule has 0 radical (unpaired) electrons. The molecule has 0 unspecified atom stereocenters. The fourth-order valence-corrected chi connectivity index (χ4v) is 4.28. The number of halogens is 3. The van der Waals surface area contributed by atoms with Gasteiger partial charge in [0.2, 0.25) is 5.91 Å². The number of aromatic nitrogens is 2. The largest absolute Gasteiger partial charge is 0.433 e.